The van der Waals surface area contributed by atoms with Crippen molar-refractivity contribution >= 4 is 21.5 Å². The van der Waals surface area contributed by atoms with Gasteiger partial charge in [0.1, 0.15) is 26.4 Å². The van der Waals surface area contributed by atoms with Gasteiger partial charge in [0.2, 0.25) is 0 Å². The standard InChI is InChI=1S/C34H32O8/c35-33-29-21-23-7-1-3-9-25(23)31(33)32-26-10-4-2-8-24(26)22-30(34(32)36)42-20-16-38-14-18-40-28-12-6-5-11-27(28)39-17-13-37-15-19-41-29/h1-12,21-22,35-36H,13-20H2. The number of hydrogen-bond donors (Lipinski definition) is 2. The molecule has 1 aliphatic rings. The molecule has 4 bridgehead atoms. The second-order valence-electron chi connectivity index (χ2n) is 9.70. The van der Waals surface area contributed by atoms with Crippen molar-refractivity contribution in [2.75, 3.05) is 52.9 Å². The minimum Gasteiger partial charge on any atom is -0.504 e. The summed E-state index contributed by atoms with van der Waals surface area (Å²) in [5, 5.41) is 26.4. The monoisotopic (exact) mass is 568 g/mol. The molecule has 0 aliphatic carbocycles. The summed E-state index contributed by atoms with van der Waals surface area (Å²) in [5.41, 5.74) is 0.927. The van der Waals surface area contributed by atoms with Gasteiger partial charge in [0.05, 0.1) is 26.4 Å². The van der Waals surface area contributed by atoms with Crippen molar-refractivity contribution in [1.82, 2.24) is 0 Å². The third-order valence-corrected chi connectivity index (χ3v) is 7.01. The Balaban J connectivity index is 1.36. The number of phenols is 2. The van der Waals surface area contributed by atoms with E-state index < -0.39 is 0 Å². The summed E-state index contributed by atoms with van der Waals surface area (Å²) >= 11 is 0. The summed E-state index contributed by atoms with van der Waals surface area (Å²) in [5.74, 6) is 1.69. The molecule has 0 saturated carbocycles. The van der Waals surface area contributed by atoms with Crippen molar-refractivity contribution in [3.05, 3.63) is 84.9 Å². The van der Waals surface area contributed by atoms with E-state index in [1.807, 2.05) is 72.8 Å². The van der Waals surface area contributed by atoms with Gasteiger partial charge in [-0.2, -0.15) is 0 Å². The van der Waals surface area contributed by atoms with Crippen molar-refractivity contribution in [2.45, 2.75) is 0 Å². The van der Waals surface area contributed by atoms with Gasteiger partial charge in [0, 0.05) is 11.1 Å². The van der Waals surface area contributed by atoms with Crippen molar-refractivity contribution in [3.8, 4) is 45.6 Å². The molecule has 0 atom stereocenters. The van der Waals surface area contributed by atoms with Gasteiger partial charge in [-0.25, -0.2) is 0 Å². The van der Waals surface area contributed by atoms with Crippen molar-refractivity contribution in [2.24, 2.45) is 0 Å². The van der Waals surface area contributed by atoms with Gasteiger partial charge in [-0.1, -0.05) is 60.7 Å². The molecule has 0 aromatic heterocycles. The summed E-state index contributed by atoms with van der Waals surface area (Å²) in [7, 11) is 0. The maximum Gasteiger partial charge on any atom is 0.166 e. The Morgan fingerprint density at radius 2 is 0.762 bits per heavy atom. The van der Waals surface area contributed by atoms with Crippen molar-refractivity contribution < 1.29 is 38.6 Å². The highest BCUT2D eigenvalue weighted by Gasteiger charge is 2.23. The van der Waals surface area contributed by atoms with E-state index >= 15 is 0 Å². The topological polar surface area (TPSA) is 95.8 Å². The van der Waals surface area contributed by atoms with Crippen LogP contribution >= 0.6 is 0 Å². The summed E-state index contributed by atoms with van der Waals surface area (Å²) < 4.78 is 35.2. The smallest absolute Gasteiger partial charge is 0.166 e. The van der Waals surface area contributed by atoms with Crippen LogP contribution in [-0.2, 0) is 9.47 Å². The number of aromatic hydroxyl groups is 2. The zero-order chi connectivity index (χ0) is 28.7. The average Bonchev–Trinajstić information content (AvgIpc) is 3.01. The minimum atomic E-state index is -0.0725. The van der Waals surface area contributed by atoms with Gasteiger partial charge in [-0.15, -0.1) is 0 Å². The highest BCUT2D eigenvalue weighted by molar-refractivity contribution is 6.11. The van der Waals surface area contributed by atoms with E-state index in [1.165, 1.54) is 0 Å². The molecule has 1 heterocycles. The molecule has 0 fully saturated rings. The first kappa shape index (κ1) is 27.5. The molecule has 42 heavy (non-hydrogen) atoms. The molecule has 2 N–H and O–H groups in total. The van der Waals surface area contributed by atoms with Crippen LogP contribution in [0, 0.1) is 0 Å². The number of ether oxygens (including phenoxy) is 6. The first-order valence-corrected chi connectivity index (χ1v) is 14.0. The highest BCUT2D eigenvalue weighted by atomic mass is 16.6. The first-order valence-electron chi connectivity index (χ1n) is 14.0. The van der Waals surface area contributed by atoms with Crippen LogP contribution < -0.4 is 18.9 Å². The van der Waals surface area contributed by atoms with E-state index in [-0.39, 0.29) is 37.9 Å². The molecule has 6 rings (SSSR count). The molecular formula is C34H32O8. The van der Waals surface area contributed by atoms with Crippen LogP contribution in [0.4, 0.5) is 0 Å². The number of fused-ring (bicyclic) bond motifs is 10. The lowest BCUT2D eigenvalue weighted by Crippen LogP contribution is -2.14. The molecule has 0 spiro atoms. The van der Waals surface area contributed by atoms with Crippen LogP contribution in [0.1, 0.15) is 0 Å². The molecule has 1 aliphatic heterocycles. The summed E-state index contributed by atoms with van der Waals surface area (Å²) in [6.07, 6.45) is 0. The lowest BCUT2D eigenvalue weighted by atomic mass is 9.91. The number of benzene rings is 5. The van der Waals surface area contributed by atoms with Gasteiger partial charge in [-0.3, -0.25) is 0 Å². The Kier molecular flexibility index (Phi) is 8.44. The quantitative estimate of drug-likeness (QED) is 0.224. The van der Waals surface area contributed by atoms with Gasteiger partial charge < -0.3 is 38.6 Å². The predicted molar refractivity (Wildman–Crippen MR) is 160 cm³/mol. The largest absolute Gasteiger partial charge is 0.504 e. The zero-order valence-electron chi connectivity index (χ0n) is 23.1. The van der Waals surface area contributed by atoms with Crippen molar-refractivity contribution in [1.29, 1.82) is 0 Å². The maximum atomic E-state index is 11.6. The summed E-state index contributed by atoms with van der Waals surface area (Å²) in [6, 6.07) is 26.4. The van der Waals surface area contributed by atoms with Crippen molar-refractivity contribution in [3.63, 3.8) is 0 Å². The van der Waals surface area contributed by atoms with Crippen LogP contribution in [0.15, 0.2) is 84.9 Å². The van der Waals surface area contributed by atoms with E-state index in [1.54, 1.807) is 12.1 Å². The van der Waals surface area contributed by atoms with Crippen LogP contribution in [0.2, 0.25) is 0 Å². The van der Waals surface area contributed by atoms with E-state index in [9.17, 15) is 10.2 Å². The minimum absolute atomic E-state index is 0.0725. The van der Waals surface area contributed by atoms with Crippen LogP contribution in [0.25, 0.3) is 32.7 Å². The van der Waals surface area contributed by atoms with E-state index in [0.29, 0.717) is 60.6 Å². The molecule has 0 amide bonds. The Morgan fingerprint density at radius 3 is 1.19 bits per heavy atom. The summed E-state index contributed by atoms with van der Waals surface area (Å²) in [6.45, 7) is 2.37. The molecule has 5 aromatic rings. The van der Waals surface area contributed by atoms with E-state index in [4.69, 9.17) is 28.4 Å². The Labute approximate surface area is 243 Å². The predicted octanol–water partition coefficient (Wildman–Crippen LogP) is 6.33. The Hall–Kier alpha value is -4.66. The average molecular weight is 569 g/mol. The molecular weight excluding hydrogens is 536 g/mol. The second kappa shape index (κ2) is 12.9. The number of rotatable bonds is 0. The SMILES string of the molecule is Oc1c2cc3ccccc3c1-c1c(O)c(cc3ccccc13)OCCOCCOc1ccccc1OCCOCCO2. The number of hydrogen-bond acceptors (Lipinski definition) is 8. The normalized spacial score (nSPS) is 15.1. The van der Waals surface area contributed by atoms with Gasteiger partial charge >= 0.3 is 0 Å². The molecule has 0 radical (unpaired) electrons. The number of para-hydroxylation sites is 2. The lowest BCUT2D eigenvalue weighted by molar-refractivity contribution is 0.0693. The number of phenolic OH excluding ortho intramolecular Hbond substituents is 2. The van der Waals surface area contributed by atoms with Gasteiger partial charge in [0.15, 0.2) is 34.5 Å². The Bertz CT molecular complexity index is 1560. The fourth-order valence-electron chi connectivity index (χ4n) is 5.08. The van der Waals surface area contributed by atoms with Crippen LogP contribution in [0.3, 0.4) is 0 Å². The fraction of sp³-hybridized carbons (Fsp3) is 0.235. The maximum absolute atomic E-state index is 11.6. The highest BCUT2D eigenvalue weighted by Crippen LogP contribution is 2.51. The van der Waals surface area contributed by atoms with E-state index in [0.717, 1.165) is 21.5 Å². The summed E-state index contributed by atoms with van der Waals surface area (Å²) in [4.78, 5) is 0. The fourth-order valence-corrected chi connectivity index (χ4v) is 5.08. The molecule has 8 nitrogen and oxygen atoms in total. The second-order valence-corrected chi connectivity index (χ2v) is 9.70. The van der Waals surface area contributed by atoms with Crippen LogP contribution in [-0.4, -0.2) is 63.1 Å². The van der Waals surface area contributed by atoms with Gasteiger partial charge in [0.25, 0.3) is 0 Å². The molecule has 0 unspecified atom stereocenters. The molecule has 0 saturated heterocycles. The third kappa shape index (κ3) is 5.86. The Morgan fingerprint density at radius 1 is 0.405 bits per heavy atom. The first-order chi connectivity index (χ1) is 20.7. The molecule has 5 aromatic carbocycles. The van der Waals surface area contributed by atoms with Crippen LogP contribution in [0.5, 0.6) is 34.5 Å². The molecule has 216 valence electrons. The van der Waals surface area contributed by atoms with Gasteiger partial charge in [-0.05, 0) is 45.8 Å². The lowest BCUT2D eigenvalue weighted by Gasteiger charge is -2.19. The zero-order valence-corrected chi connectivity index (χ0v) is 23.1. The molecule has 8 heteroatoms. The van der Waals surface area contributed by atoms with E-state index in [2.05, 4.69) is 0 Å². The third-order valence-electron chi connectivity index (χ3n) is 7.01.